The van der Waals surface area contributed by atoms with Crippen LogP contribution in [0.5, 0.6) is 11.5 Å². The Labute approximate surface area is 232 Å². The molecule has 10 heteroatoms. The number of anilines is 1. The number of halogens is 1. The quantitative estimate of drug-likeness (QED) is 0.187. The topological polar surface area (TPSA) is 106 Å². The van der Waals surface area contributed by atoms with E-state index < -0.39 is 15.9 Å². The molecule has 0 aromatic heterocycles. The summed E-state index contributed by atoms with van der Waals surface area (Å²) in [6.07, 6.45) is 1.48. The summed E-state index contributed by atoms with van der Waals surface area (Å²) >= 11 is 5.92. The van der Waals surface area contributed by atoms with Crippen molar-refractivity contribution in [3.63, 3.8) is 0 Å². The Morgan fingerprint density at radius 3 is 2.28 bits per heavy atom. The van der Waals surface area contributed by atoms with Crippen molar-refractivity contribution in [3.8, 4) is 11.5 Å². The number of benzene rings is 4. The van der Waals surface area contributed by atoms with Gasteiger partial charge in [-0.15, -0.1) is 0 Å². The lowest BCUT2D eigenvalue weighted by Crippen LogP contribution is -2.18. The van der Waals surface area contributed by atoms with Crippen LogP contribution in [0.3, 0.4) is 0 Å². The minimum Gasteiger partial charge on any atom is -0.493 e. The number of nitrogens with one attached hydrogen (secondary N) is 2. The Bertz CT molecular complexity index is 1570. The van der Waals surface area contributed by atoms with Crippen LogP contribution in [0, 0.1) is 6.92 Å². The van der Waals surface area contributed by atoms with Crippen molar-refractivity contribution in [2.75, 3.05) is 11.8 Å². The van der Waals surface area contributed by atoms with Crippen LogP contribution in [0.15, 0.2) is 101 Å². The fourth-order valence-corrected chi connectivity index (χ4v) is 4.66. The minimum absolute atomic E-state index is 0.155. The smallest absolute Gasteiger partial charge is 0.271 e. The lowest BCUT2D eigenvalue weighted by molar-refractivity contribution is 0.0955. The van der Waals surface area contributed by atoms with E-state index in [4.69, 9.17) is 21.1 Å². The number of ether oxygens (including phenoxy) is 2. The maximum Gasteiger partial charge on any atom is 0.271 e. The van der Waals surface area contributed by atoms with Gasteiger partial charge in [-0.3, -0.25) is 9.52 Å². The van der Waals surface area contributed by atoms with E-state index in [9.17, 15) is 13.2 Å². The first-order valence-electron chi connectivity index (χ1n) is 11.8. The summed E-state index contributed by atoms with van der Waals surface area (Å²) in [7, 11) is -2.20. The zero-order chi connectivity index (χ0) is 27.8. The molecular weight excluding hydrogens is 538 g/mol. The van der Waals surface area contributed by atoms with Crippen molar-refractivity contribution >= 4 is 39.4 Å². The Hall–Kier alpha value is -4.34. The third-order valence-electron chi connectivity index (χ3n) is 5.61. The number of hydrogen-bond acceptors (Lipinski definition) is 6. The summed E-state index contributed by atoms with van der Waals surface area (Å²) in [6, 6.07) is 25.2. The van der Waals surface area contributed by atoms with Crippen LogP contribution in [0.1, 0.15) is 27.0 Å². The SMILES string of the molecule is COc1cc(/C=N/NC(=O)c2ccc(NS(=O)(=O)c3ccc(C)cc3)cc2)ccc1OCc1ccc(Cl)cc1. The average molecular weight is 564 g/mol. The predicted octanol–water partition coefficient (Wildman–Crippen LogP) is 5.80. The standard InChI is InChI=1S/C29H26ClN3O5S/c1-20-3-14-26(15-4-20)39(35,36)33-25-12-8-23(9-13-25)29(34)32-31-18-22-7-16-27(28(17-22)37-2)38-19-21-5-10-24(30)11-6-21/h3-18,33H,19H2,1-2H3,(H,32,34)/b31-18+. The number of rotatable bonds is 10. The van der Waals surface area contributed by atoms with Gasteiger partial charge in [0.05, 0.1) is 18.2 Å². The maximum atomic E-state index is 12.6. The van der Waals surface area contributed by atoms with Gasteiger partial charge in [0.15, 0.2) is 11.5 Å². The highest BCUT2D eigenvalue weighted by Gasteiger charge is 2.14. The Balaban J connectivity index is 1.33. The molecule has 0 unspecified atom stereocenters. The summed E-state index contributed by atoms with van der Waals surface area (Å²) in [4.78, 5) is 12.6. The van der Waals surface area contributed by atoms with Crippen LogP contribution in [0.4, 0.5) is 5.69 Å². The van der Waals surface area contributed by atoms with Gasteiger partial charge in [0, 0.05) is 16.3 Å². The number of hydrazone groups is 1. The fraction of sp³-hybridized carbons (Fsp3) is 0.103. The molecule has 0 aliphatic rings. The van der Waals surface area contributed by atoms with Crippen LogP contribution in [0.25, 0.3) is 0 Å². The van der Waals surface area contributed by atoms with Crippen molar-refractivity contribution in [2.24, 2.45) is 5.10 Å². The van der Waals surface area contributed by atoms with Crippen molar-refractivity contribution in [3.05, 3.63) is 118 Å². The first kappa shape index (κ1) is 27.7. The molecule has 2 N–H and O–H groups in total. The first-order chi connectivity index (χ1) is 18.7. The predicted molar refractivity (Wildman–Crippen MR) is 152 cm³/mol. The minimum atomic E-state index is -3.73. The second kappa shape index (κ2) is 12.5. The molecule has 0 bridgehead atoms. The number of nitrogens with zero attached hydrogens (tertiary/aromatic N) is 1. The van der Waals surface area contributed by atoms with Crippen LogP contribution >= 0.6 is 11.6 Å². The molecule has 0 aliphatic heterocycles. The molecule has 0 saturated carbocycles. The molecule has 39 heavy (non-hydrogen) atoms. The first-order valence-corrected chi connectivity index (χ1v) is 13.7. The second-order valence-corrected chi connectivity index (χ2v) is 10.6. The van der Waals surface area contributed by atoms with Gasteiger partial charge in [-0.1, -0.05) is 41.4 Å². The molecule has 0 aliphatic carbocycles. The lowest BCUT2D eigenvalue weighted by atomic mass is 10.2. The highest BCUT2D eigenvalue weighted by Crippen LogP contribution is 2.28. The highest BCUT2D eigenvalue weighted by atomic mass is 35.5. The molecule has 8 nitrogen and oxygen atoms in total. The third-order valence-corrected chi connectivity index (χ3v) is 7.25. The van der Waals surface area contributed by atoms with Crippen molar-refractivity contribution in [1.29, 1.82) is 0 Å². The Kier molecular flexibility index (Phi) is 8.85. The molecule has 0 radical (unpaired) electrons. The van der Waals surface area contributed by atoms with Crippen molar-refractivity contribution < 1.29 is 22.7 Å². The molecule has 0 fully saturated rings. The van der Waals surface area contributed by atoms with E-state index in [1.165, 1.54) is 49.7 Å². The molecule has 4 aromatic carbocycles. The van der Waals surface area contributed by atoms with E-state index >= 15 is 0 Å². The number of methoxy groups -OCH3 is 1. The number of aryl methyl sites for hydroxylation is 1. The van der Waals surface area contributed by atoms with Crippen LogP contribution < -0.4 is 19.6 Å². The monoisotopic (exact) mass is 563 g/mol. The molecule has 0 saturated heterocycles. The largest absolute Gasteiger partial charge is 0.493 e. The normalized spacial score (nSPS) is 11.3. The fourth-order valence-electron chi connectivity index (χ4n) is 3.48. The molecule has 1 amide bonds. The van der Waals surface area contributed by atoms with E-state index in [1.807, 2.05) is 19.1 Å². The van der Waals surface area contributed by atoms with Gasteiger partial charge in [-0.05, 0) is 84.8 Å². The maximum absolute atomic E-state index is 12.6. The Morgan fingerprint density at radius 2 is 1.62 bits per heavy atom. The summed E-state index contributed by atoms with van der Waals surface area (Å²) in [5.41, 5.74) is 5.72. The third kappa shape index (κ3) is 7.59. The molecule has 4 rings (SSSR count). The van der Waals surface area contributed by atoms with Crippen LogP contribution in [-0.2, 0) is 16.6 Å². The zero-order valence-electron chi connectivity index (χ0n) is 21.2. The zero-order valence-corrected chi connectivity index (χ0v) is 22.8. The Morgan fingerprint density at radius 1 is 0.923 bits per heavy atom. The highest BCUT2D eigenvalue weighted by molar-refractivity contribution is 7.92. The molecule has 0 spiro atoms. The van der Waals surface area contributed by atoms with E-state index in [1.54, 1.807) is 42.5 Å². The van der Waals surface area contributed by atoms with E-state index in [2.05, 4.69) is 15.2 Å². The van der Waals surface area contributed by atoms with Crippen molar-refractivity contribution in [2.45, 2.75) is 18.4 Å². The lowest BCUT2D eigenvalue weighted by Gasteiger charge is -2.11. The average Bonchev–Trinajstić information content (AvgIpc) is 2.93. The number of hydrogen-bond donors (Lipinski definition) is 2. The second-order valence-electron chi connectivity index (χ2n) is 8.52. The summed E-state index contributed by atoms with van der Waals surface area (Å²) < 4.78 is 38.9. The van der Waals surface area contributed by atoms with Gasteiger partial charge in [0.25, 0.3) is 15.9 Å². The molecule has 0 heterocycles. The van der Waals surface area contributed by atoms with Crippen molar-refractivity contribution in [1.82, 2.24) is 5.43 Å². The van der Waals surface area contributed by atoms with E-state index in [0.717, 1.165) is 11.1 Å². The van der Waals surface area contributed by atoms with Gasteiger partial charge in [0.1, 0.15) is 6.61 Å². The van der Waals surface area contributed by atoms with Gasteiger partial charge in [-0.25, -0.2) is 13.8 Å². The number of sulfonamides is 1. The molecule has 200 valence electrons. The van der Waals surface area contributed by atoms with Crippen LogP contribution in [0.2, 0.25) is 5.02 Å². The van der Waals surface area contributed by atoms with Gasteiger partial charge >= 0.3 is 0 Å². The van der Waals surface area contributed by atoms with E-state index in [0.29, 0.717) is 39.9 Å². The summed E-state index contributed by atoms with van der Waals surface area (Å²) in [5, 5.41) is 4.67. The number of carbonyl (C=O) groups is 1. The van der Waals surface area contributed by atoms with Crippen LogP contribution in [-0.4, -0.2) is 27.6 Å². The molecular formula is C29H26ClN3O5S. The molecule has 4 aromatic rings. The summed E-state index contributed by atoms with van der Waals surface area (Å²) in [5.74, 6) is 0.628. The number of amides is 1. The molecule has 0 atom stereocenters. The summed E-state index contributed by atoms with van der Waals surface area (Å²) in [6.45, 7) is 2.23. The van der Waals surface area contributed by atoms with Gasteiger partial charge in [-0.2, -0.15) is 5.10 Å². The van der Waals surface area contributed by atoms with Gasteiger partial charge in [0.2, 0.25) is 0 Å². The van der Waals surface area contributed by atoms with Gasteiger partial charge < -0.3 is 9.47 Å². The van der Waals surface area contributed by atoms with E-state index in [-0.39, 0.29) is 4.90 Å². The number of carbonyl (C=O) groups excluding carboxylic acids is 1.